The van der Waals surface area contributed by atoms with Gasteiger partial charge in [0.05, 0.1) is 0 Å². The fourth-order valence-corrected chi connectivity index (χ4v) is 6.91. The molecule has 0 aromatic heterocycles. The summed E-state index contributed by atoms with van der Waals surface area (Å²) in [5.41, 5.74) is 0. The first kappa shape index (κ1) is 54.6. The molecule has 0 aromatic rings. The summed E-state index contributed by atoms with van der Waals surface area (Å²) in [5.74, 6) is -0.916. The first-order valence-electron chi connectivity index (χ1n) is 24.5. The Morgan fingerprint density at radius 2 is 0.649 bits per heavy atom. The van der Waals surface area contributed by atoms with E-state index in [0.717, 1.165) is 57.8 Å². The van der Waals surface area contributed by atoms with E-state index in [1.165, 1.54) is 154 Å². The lowest BCUT2D eigenvalue weighted by Crippen LogP contribution is -2.30. The van der Waals surface area contributed by atoms with E-state index < -0.39 is 6.10 Å². The van der Waals surface area contributed by atoms with Gasteiger partial charge >= 0.3 is 17.9 Å². The van der Waals surface area contributed by atoms with Gasteiger partial charge in [0.1, 0.15) is 13.2 Å². The number of esters is 3. The van der Waals surface area contributed by atoms with Gasteiger partial charge in [0, 0.05) is 19.3 Å². The molecule has 0 bridgehead atoms. The van der Waals surface area contributed by atoms with Crippen molar-refractivity contribution in [3.05, 3.63) is 36.5 Å². The predicted octanol–water partition coefficient (Wildman–Crippen LogP) is 15.8. The molecule has 0 aliphatic heterocycles. The quantitative estimate of drug-likeness (QED) is 0.0201. The standard InChI is InChI=1S/C51H92O6/c1-4-7-10-13-16-19-21-22-23-24-25-26-27-28-30-32-35-38-41-44-50(53)56-47-48(46-55-49(52)43-40-37-34-31-18-15-12-9-6-3)57-51(54)45-42-39-36-33-29-20-17-14-11-8-5-2/h16,19,21-22,31,34,48H,4-15,17-18,20,23-30,32-33,35-47H2,1-3H3/b19-16-,22-21-,34-31-. The van der Waals surface area contributed by atoms with Crippen LogP contribution >= 0.6 is 0 Å². The topological polar surface area (TPSA) is 78.9 Å². The SMILES string of the molecule is CCCCC/C=C\C=C/CCCCCCCCCCCCC(=O)OCC(COC(=O)CCC/C=C\CCCCCC)OC(=O)CCCCCCCCCCCCC. The summed E-state index contributed by atoms with van der Waals surface area (Å²) in [6, 6.07) is 0. The van der Waals surface area contributed by atoms with E-state index >= 15 is 0 Å². The maximum absolute atomic E-state index is 12.7. The van der Waals surface area contributed by atoms with Crippen LogP contribution in [0.4, 0.5) is 0 Å². The van der Waals surface area contributed by atoms with Gasteiger partial charge in [-0.1, -0.05) is 205 Å². The molecule has 0 spiro atoms. The molecule has 0 aliphatic rings. The monoisotopic (exact) mass is 801 g/mol. The van der Waals surface area contributed by atoms with E-state index in [2.05, 4.69) is 57.2 Å². The van der Waals surface area contributed by atoms with Crippen molar-refractivity contribution < 1.29 is 28.6 Å². The highest BCUT2D eigenvalue weighted by molar-refractivity contribution is 5.71. The molecule has 1 unspecified atom stereocenters. The Morgan fingerprint density at radius 1 is 0.351 bits per heavy atom. The van der Waals surface area contributed by atoms with Crippen LogP contribution in [-0.4, -0.2) is 37.2 Å². The van der Waals surface area contributed by atoms with Crippen molar-refractivity contribution in [3.63, 3.8) is 0 Å². The maximum atomic E-state index is 12.7. The van der Waals surface area contributed by atoms with Gasteiger partial charge in [-0.15, -0.1) is 0 Å². The lowest BCUT2D eigenvalue weighted by atomic mass is 10.1. The van der Waals surface area contributed by atoms with Gasteiger partial charge < -0.3 is 14.2 Å². The Kier molecular flexibility index (Phi) is 44.4. The molecule has 0 amide bonds. The van der Waals surface area contributed by atoms with Crippen LogP contribution in [0.5, 0.6) is 0 Å². The second-order valence-electron chi connectivity index (χ2n) is 16.4. The summed E-state index contributed by atoms with van der Waals surface area (Å²) in [5, 5.41) is 0. The number of hydrogen-bond donors (Lipinski definition) is 0. The summed E-state index contributed by atoms with van der Waals surface area (Å²) in [4.78, 5) is 37.7. The average molecular weight is 801 g/mol. The molecule has 0 radical (unpaired) electrons. The number of carbonyl (C=O) groups excluding carboxylic acids is 3. The lowest BCUT2D eigenvalue weighted by molar-refractivity contribution is -0.167. The molecule has 0 N–H and O–H groups in total. The summed E-state index contributed by atoms with van der Waals surface area (Å²) in [7, 11) is 0. The number of carbonyl (C=O) groups is 3. The lowest BCUT2D eigenvalue weighted by Gasteiger charge is -2.18. The molecule has 0 heterocycles. The first-order chi connectivity index (χ1) is 28.0. The fraction of sp³-hybridized carbons (Fsp3) is 0.824. The van der Waals surface area contributed by atoms with E-state index in [1.54, 1.807) is 0 Å². The predicted molar refractivity (Wildman–Crippen MR) is 242 cm³/mol. The number of unbranched alkanes of at least 4 members (excludes halogenated alkanes) is 28. The Balaban J connectivity index is 4.27. The molecule has 6 heteroatoms. The summed E-state index contributed by atoms with van der Waals surface area (Å²) >= 11 is 0. The zero-order chi connectivity index (χ0) is 41.5. The largest absolute Gasteiger partial charge is 0.462 e. The van der Waals surface area contributed by atoms with Crippen molar-refractivity contribution in [3.8, 4) is 0 Å². The maximum Gasteiger partial charge on any atom is 0.306 e. The summed E-state index contributed by atoms with van der Waals surface area (Å²) in [6.45, 7) is 6.55. The van der Waals surface area contributed by atoms with Crippen LogP contribution in [0, 0.1) is 0 Å². The van der Waals surface area contributed by atoms with Gasteiger partial charge in [-0.3, -0.25) is 14.4 Å². The minimum absolute atomic E-state index is 0.0800. The van der Waals surface area contributed by atoms with Crippen molar-refractivity contribution >= 4 is 17.9 Å². The second-order valence-corrected chi connectivity index (χ2v) is 16.4. The minimum atomic E-state index is -0.778. The number of hydrogen-bond acceptors (Lipinski definition) is 6. The average Bonchev–Trinajstić information content (AvgIpc) is 3.21. The van der Waals surface area contributed by atoms with Crippen LogP contribution in [-0.2, 0) is 28.6 Å². The Bertz CT molecular complexity index is 969. The van der Waals surface area contributed by atoms with Gasteiger partial charge in [-0.25, -0.2) is 0 Å². The van der Waals surface area contributed by atoms with E-state index in [4.69, 9.17) is 14.2 Å². The van der Waals surface area contributed by atoms with E-state index in [1.807, 2.05) is 0 Å². The molecule has 0 aliphatic carbocycles. The molecule has 1 atom stereocenters. The number of rotatable bonds is 44. The Morgan fingerprint density at radius 3 is 1.11 bits per heavy atom. The second kappa shape index (κ2) is 46.3. The molecule has 0 rings (SSSR count). The first-order valence-corrected chi connectivity index (χ1v) is 24.5. The van der Waals surface area contributed by atoms with Crippen molar-refractivity contribution in [2.45, 2.75) is 258 Å². The normalized spacial score (nSPS) is 12.3. The molecule has 57 heavy (non-hydrogen) atoms. The van der Waals surface area contributed by atoms with Crippen molar-refractivity contribution in [2.24, 2.45) is 0 Å². The van der Waals surface area contributed by atoms with Gasteiger partial charge in [0.15, 0.2) is 6.10 Å². The van der Waals surface area contributed by atoms with Crippen LogP contribution in [0.1, 0.15) is 252 Å². The Labute approximate surface area is 353 Å². The van der Waals surface area contributed by atoms with E-state index in [-0.39, 0.29) is 31.1 Å². The van der Waals surface area contributed by atoms with Gasteiger partial charge in [0.25, 0.3) is 0 Å². The van der Waals surface area contributed by atoms with Gasteiger partial charge in [-0.2, -0.15) is 0 Å². The molecule has 0 fully saturated rings. The van der Waals surface area contributed by atoms with Crippen LogP contribution < -0.4 is 0 Å². The zero-order valence-electron chi connectivity index (χ0n) is 37.9. The van der Waals surface area contributed by atoms with Crippen molar-refractivity contribution in [1.82, 2.24) is 0 Å². The van der Waals surface area contributed by atoms with Crippen molar-refractivity contribution in [2.75, 3.05) is 13.2 Å². The third kappa shape index (κ3) is 44.6. The highest BCUT2D eigenvalue weighted by Gasteiger charge is 2.19. The van der Waals surface area contributed by atoms with Crippen LogP contribution in [0.15, 0.2) is 36.5 Å². The van der Waals surface area contributed by atoms with Gasteiger partial charge in [-0.05, 0) is 64.2 Å². The molecule has 0 saturated carbocycles. The Hall–Kier alpha value is -2.37. The smallest absolute Gasteiger partial charge is 0.306 e. The molecular weight excluding hydrogens is 709 g/mol. The van der Waals surface area contributed by atoms with Crippen molar-refractivity contribution in [1.29, 1.82) is 0 Å². The fourth-order valence-electron chi connectivity index (χ4n) is 6.91. The van der Waals surface area contributed by atoms with E-state index in [9.17, 15) is 14.4 Å². The zero-order valence-corrected chi connectivity index (χ0v) is 37.9. The third-order valence-corrected chi connectivity index (χ3v) is 10.6. The molecule has 6 nitrogen and oxygen atoms in total. The summed E-state index contributed by atoms with van der Waals surface area (Å²) in [6.07, 6.45) is 52.8. The number of ether oxygens (including phenoxy) is 3. The number of allylic oxidation sites excluding steroid dienone is 6. The molecule has 332 valence electrons. The van der Waals surface area contributed by atoms with Crippen LogP contribution in [0.25, 0.3) is 0 Å². The molecular formula is C51H92O6. The van der Waals surface area contributed by atoms with Gasteiger partial charge in [0.2, 0.25) is 0 Å². The van der Waals surface area contributed by atoms with E-state index in [0.29, 0.717) is 19.3 Å². The minimum Gasteiger partial charge on any atom is -0.462 e. The summed E-state index contributed by atoms with van der Waals surface area (Å²) < 4.78 is 16.7. The molecule has 0 saturated heterocycles. The van der Waals surface area contributed by atoms with Crippen LogP contribution in [0.2, 0.25) is 0 Å². The highest BCUT2D eigenvalue weighted by atomic mass is 16.6. The molecule has 0 aromatic carbocycles. The highest BCUT2D eigenvalue weighted by Crippen LogP contribution is 2.15. The van der Waals surface area contributed by atoms with Crippen LogP contribution in [0.3, 0.4) is 0 Å². The third-order valence-electron chi connectivity index (χ3n) is 10.6.